The van der Waals surface area contributed by atoms with E-state index >= 15 is 0 Å². The van der Waals surface area contributed by atoms with Crippen molar-refractivity contribution in [1.82, 2.24) is 4.90 Å². The van der Waals surface area contributed by atoms with Crippen LogP contribution in [0.25, 0.3) is 0 Å². The van der Waals surface area contributed by atoms with Gasteiger partial charge in [0, 0.05) is 26.1 Å². The number of nitrogens with two attached hydrogens (primary N) is 2. The van der Waals surface area contributed by atoms with Gasteiger partial charge in [0.1, 0.15) is 0 Å². The van der Waals surface area contributed by atoms with Gasteiger partial charge in [-0.3, -0.25) is 0 Å². The first-order valence-corrected chi connectivity index (χ1v) is 6.24. The van der Waals surface area contributed by atoms with Gasteiger partial charge in [-0.25, -0.2) is 0 Å². The maximum atomic E-state index is 5.92. The van der Waals surface area contributed by atoms with Crippen LogP contribution in [-0.2, 0) is 0 Å². The molecule has 0 spiro atoms. The molecule has 1 rings (SSSR count). The normalized spacial score (nSPS) is 18.1. The van der Waals surface area contributed by atoms with Crippen molar-refractivity contribution in [3.8, 4) is 12.3 Å². The van der Waals surface area contributed by atoms with Crippen LogP contribution in [0.1, 0.15) is 35.0 Å². The maximum absolute atomic E-state index is 5.92. The molecule has 1 saturated heterocycles. The SMILES string of the molecule is C#CC1CCN(/C(N)=C/C=C(/C)N)CC1.CC.[HH]. The van der Waals surface area contributed by atoms with Crippen LogP contribution >= 0.6 is 0 Å². The Kier molecular flexibility index (Phi) is 7.79. The summed E-state index contributed by atoms with van der Waals surface area (Å²) >= 11 is 0. The quantitative estimate of drug-likeness (QED) is 0.572. The molecule has 0 aromatic rings. The lowest BCUT2D eigenvalue weighted by atomic mass is 9.98. The predicted molar refractivity (Wildman–Crippen MR) is 76.8 cm³/mol. The average Bonchev–Trinajstić information content (AvgIpc) is 2.38. The van der Waals surface area contributed by atoms with Gasteiger partial charge in [0.25, 0.3) is 0 Å². The Morgan fingerprint density at radius 1 is 1.29 bits per heavy atom. The van der Waals surface area contributed by atoms with Crippen molar-refractivity contribution < 1.29 is 1.43 Å². The summed E-state index contributed by atoms with van der Waals surface area (Å²) in [5.41, 5.74) is 12.2. The largest absolute Gasteiger partial charge is 0.402 e. The Labute approximate surface area is 107 Å². The van der Waals surface area contributed by atoms with Crippen LogP contribution in [0.15, 0.2) is 23.7 Å². The van der Waals surface area contributed by atoms with E-state index in [9.17, 15) is 0 Å². The lowest BCUT2D eigenvalue weighted by Gasteiger charge is -2.31. The van der Waals surface area contributed by atoms with Gasteiger partial charge >= 0.3 is 0 Å². The molecule has 0 unspecified atom stereocenters. The topological polar surface area (TPSA) is 55.3 Å². The highest BCUT2D eigenvalue weighted by molar-refractivity contribution is 5.13. The molecule has 3 nitrogen and oxygen atoms in total. The highest BCUT2D eigenvalue weighted by atomic mass is 15.2. The molecule has 17 heavy (non-hydrogen) atoms. The highest BCUT2D eigenvalue weighted by Crippen LogP contribution is 2.17. The molecule has 0 bridgehead atoms. The Morgan fingerprint density at radius 3 is 2.24 bits per heavy atom. The lowest BCUT2D eigenvalue weighted by molar-refractivity contribution is 0.254. The summed E-state index contributed by atoms with van der Waals surface area (Å²) in [6, 6.07) is 0. The van der Waals surface area contributed by atoms with E-state index in [0.29, 0.717) is 5.92 Å². The number of piperidine rings is 1. The molecule has 0 aliphatic carbocycles. The summed E-state index contributed by atoms with van der Waals surface area (Å²) in [5.74, 6) is 3.99. The molecule has 0 atom stereocenters. The first kappa shape index (κ1) is 15.4. The first-order valence-electron chi connectivity index (χ1n) is 6.24. The molecular weight excluding hydrogens is 210 g/mol. The van der Waals surface area contributed by atoms with Crippen molar-refractivity contribution in [2.75, 3.05) is 13.1 Å². The van der Waals surface area contributed by atoms with Crippen LogP contribution in [0.3, 0.4) is 0 Å². The van der Waals surface area contributed by atoms with Gasteiger partial charge in [0.05, 0.1) is 5.82 Å². The smallest absolute Gasteiger partial charge is 0.0987 e. The number of hydrogen-bond donors (Lipinski definition) is 2. The van der Waals surface area contributed by atoms with Crippen LogP contribution in [0.2, 0.25) is 0 Å². The molecule has 1 fully saturated rings. The second kappa shape index (κ2) is 8.58. The molecule has 0 amide bonds. The minimum atomic E-state index is 0. The zero-order chi connectivity index (χ0) is 13.3. The van der Waals surface area contributed by atoms with Gasteiger partial charge in [-0.15, -0.1) is 12.3 Å². The van der Waals surface area contributed by atoms with Gasteiger partial charge in [-0.2, -0.15) is 0 Å². The molecule has 1 aliphatic rings. The van der Waals surface area contributed by atoms with Crippen LogP contribution in [0, 0.1) is 18.3 Å². The van der Waals surface area contributed by atoms with Crippen molar-refractivity contribution in [2.24, 2.45) is 17.4 Å². The standard InChI is InChI=1S/C12H19N3.C2H6.H2/c1-3-11-6-8-15(9-7-11)12(14)5-4-10(2)13;1-2;/h1,4-5,11H,6-9,13-14H2,2H3;1-2H3;1H/b10-4-,12-5+;;. The van der Waals surface area contributed by atoms with Gasteiger partial charge in [0.15, 0.2) is 0 Å². The van der Waals surface area contributed by atoms with Gasteiger partial charge < -0.3 is 16.4 Å². The summed E-state index contributed by atoms with van der Waals surface area (Å²) in [5, 5.41) is 0. The van der Waals surface area contributed by atoms with E-state index in [1.54, 1.807) is 0 Å². The summed E-state index contributed by atoms with van der Waals surface area (Å²) in [7, 11) is 0. The Morgan fingerprint density at radius 2 is 1.82 bits per heavy atom. The van der Waals surface area contributed by atoms with E-state index in [1.807, 2.05) is 32.9 Å². The van der Waals surface area contributed by atoms with E-state index < -0.39 is 0 Å². The molecular formula is C14H27N3. The molecule has 98 valence electrons. The molecule has 0 saturated carbocycles. The number of likely N-dealkylation sites (tertiary alicyclic amines) is 1. The van der Waals surface area contributed by atoms with Gasteiger partial charge in [-0.1, -0.05) is 13.8 Å². The fraction of sp³-hybridized carbons (Fsp3) is 0.571. The highest BCUT2D eigenvalue weighted by Gasteiger charge is 2.17. The third-order valence-corrected chi connectivity index (χ3v) is 2.61. The van der Waals surface area contributed by atoms with E-state index in [4.69, 9.17) is 17.9 Å². The van der Waals surface area contributed by atoms with Crippen molar-refractivity contribution >= 4 is 0 Å². The van der Waals surface area contributed by atoms with E-state index in [-0.39, 0.29) is 1.43 Å². The number of nitrogens with zero attached hydrogens (tertiary/aromatic N) is 1. The zero-order valence-corrected chi connectivity index (χ0v) is 11.2. The number of terminal acetylenes is 1. The Balaban J connectivity index is 0. The van der Waals surface area contributed by atoms with E-state index in [1.165, 1.54) is 0 Å². The summed E-state index contributed by atoms with van der Waals surface area (Å²) in [6.45, 7) is 7.72. The fourth-order valence-corrected chi connectivity index (χ4v) is 1.63. The van der Waals surface area contributed by atoms with E-state index in [2.05, 4.69) is 10.8 Å². The maximum Gasteiger partial charge on any atom is 0.0987 e. The number of allylic oxidation sites excluding steroid dienone is 3. The third-order valence-electron chi connectivity index (χ3n) is 2.61. The van der Waals surface area contributed by atoms with E-state index in [0.717, 1.165) is 37.4 Å². The monoisotopic (exact) mass is 237 g/mol. The molecule has 4 N–H and O–H groups in total. The average molecular weight is 237 g/mol. The Hall–Kier alpha value is -1.56. The van der Waals surface area contributed by atoms with Crippen molar-refractivity contribution in [1.29, 1.82) is 0 Å². The second-order valence-corrected chi connectivity index (χ2v) is 3.93. The van der Waals surface area contributed by atoms with Crippen molar-refractivity contribution in [3.05, 3.63) is 23.7 Å². The number of rotatable bonds is 2. The molecule has 0 aromatic carbocycles. The van der Waals surface area contributed by atoms with Gasteiger partial charge in [0.2, 0.25) is 0 Å². The predicted octanol–water partition coefficient (Wildman–Crippen LogP) is 2.27. The minimum absolute atomic E-state index is 0. The Bertz CT molecular complexity index is 303. The zero-order valence-electron chi connectivity index (χ0n) is 11.2. The van der Waals surface area contributed by atoms with Crippen molar-refractivity contribution in [2.45, 2.75) is 33.6 Å². The fourth-order valence-electron chi connectivity index (χ4n) is 1.63. The van der Waals surface area contributed by atoms with Crippen LogP contribution in [-0.4, -0.2) is 18.0 Å². The second-order valence-electron chi connectivity index (χ2n) is 3.93. The van der Waals surface area contributed by atoms with Crippen LogP contribution in [0.4, 0.5) is 0 Å². The first-order chi connectivity index (χ1) is 8.13. The number of hydrogen-bond acceptors (Lipinski definition) is 3. The third kappa shape index (κ3) is 5.91. The van der Waals surface area contributed by atoms with Crippen molar-refractivity contribution in [3.63, 3.8) is 0 Å². The summed E-state index contributed by atoms with van der Waals surface area (Å²) in [6.07, 6.45) is 11.1. The van der Waals surface area contributed by atoms with Crippen LogP contribution < -0.4 is 11.5 Å². The molecule has 1 heterocycles. The summed E-state index contributed by atoms with van der Waals surface area (Å²) < 4.78 is 0. The molecule has 1 aliphatic heterocycles. The lowest BCUT2D eigenvalue weighted by Crippen LogP contribution is -2.35. The molecule has 3 heteroatoms. The van der Waals surface area contributed by atoms with Crippen LogP contribution in [0.5, 0.6) is 0 Å². The minimum Gasteiger partial charge on any atom is -0.402 e. The molecule has 0 radical (unpaired) electrons. The van der Waals surface area contributed by atoms with Gasteiger partial charge in [-0.05, 0) is 31.9 Å². The molecule has 0 aromatic heterocycles. The summed E-state index contributed by atoms with van der Waals surface area (Å²) in [4.78, 5) is 2.15.